The van der Waals surface area contributed by atoms with Crippen LogP contribution in [0.2, 0.25) is 0 Å². The van der Waals surface area contributed by atoms with E-state index in [0.717, 1.165) is 5.56 Å². The first-order chi connectivity index (χ1) is 21.0. The number of phenols is 1. The van der Waals surface area contributed by atoms with Gasteiger partial charge in [0.1, 0.15) is 46.3 Å². The van der Waals surface area contributed by atoms with Crippen molar-refractivity contribution in [2.24, 2.45) is 4.99 Å². The average Bonchev–Trinajstić information content (AvgIpc) is 3.64. The molecule has 2 unspecified atom stereocenters. The summed E-state index contributed by atoms with van der Waals surface area (Å²) >= 11 is 0. The van der Waals surface area contributed by atoms with Crippen LogP contribution < -0.4 is 24.4 Å². The van der Waals surface area contributed by atoms with Gasteiger partial charge in [-0.05, 0) is 61.0 Å². The number of benzene rings is 4. The van der Waals surface area contributed by atoms with Gasteiger partial charge in [-0.25, -0.2) is 4.99 Å². The Kier molecular flexibility index (Phi) is 6.82. The summed E-state index contributed by atoms with van der Waals surface area (Å²) < 4.78 is 34.6. The van der Waals surface area contributed by atoms with E-state index in [1.165, 1.54) is 18.4 Å². The van der Waals surface area contributed by atoms with E-state index < -0.39 is 0 Å². The summed E-state index contributed by atoms with van der Waals surface area (Å²) in [5, 5.41) is 10.5. The van der Waals surface area contributed by atoms with Gasteiger partial charge in [-0.1, -0.05) is 24.3 Å². The molecule has 1 aromatic heterocycles. The first kappa shape index (κ1) is 26.5. The van der Waals surface area contributed by atoms with Crippen LogP contribution in [0.1, 0.15) is 18.9 Å². The van der Waals surface area contributed by atoms with Gasteiger partial charge < -0.3 is 33.2 Å². The maximum absolute atomic E-state index is 13.6. The van der Waals surface area contributed by atoms with Gasteiger partial charge >= 0.3 is 0 Å². The monoisotopic (exact) mass is 577 g/mol. The van der Waals surface area contributed by atoms with Gasteiger partial charge in [-0.3, -0.25) is 4.79 Å². The lowest BCUT2D eigenvalue weighted by Crippen LogP contribution is -2.21. The van der Waals surface area contributed by atoms with E-state index in [1.54, 1.807) is 42.5 Å². The Labute approximate surface area is 246 Å². The Morgan fingerprint density at radius 3 is 2.53 bits per heavy atom. The standard InChI is InChI=1S/C34H27NO8/c1-20-27(35-34(42-20)21-5-3-2-4-6-21)13-14-38-24-8-10-25(11-9-24)43-31-17-23(36)16-30-32(31)33(37)26(18-39-30)22-7-12-28-29(15-22)41-19-40-28/h2-12,15-18,20,27,36H,13-14,19H2,1H3. The zero-order valence-electron chi connectivity index (χ0n) is 23.2. The normalized spacial score (nSPS) is 17.0. The van der Waals surface area contributed by atoms with Crippen molar-refractivity contribution in [1.82, 2.24) is 0 Å². The number of rotatable bonds is 8. The summed E-state index contributed by atoms with van der Waals surface area (Å²) in [6, 6.07) is 24.9. The Bertz CT molecular complexity index is 1880. The molecule has 1 N–H and O–H groups in total. The minimum Gasteiger partial charge on any atom is -0.508 e. The van der Waals surface area contributed by atoms with Crippen LogP contribution in [0.4, 0.5) is 0 Å². The van der Waals surface area contributed by atoms with Crippen LogP contribution in [-0.4, -0.2) is 36.5 Å². The predicted molar refractivity (Wildman–Crippen MR) is 160 cm³/mol. The lowest BCUT2D eigenvalue weighted by atomic mass is 10.0. The van der Waals surface area contributed by atoms with E-state index in [9.17, 15) is 9.90 Å². The maximum atomic E-state index is 13.6. The minimum absolute atomic E-state index is 0.00565. The first-order valence-corrected chi connectivity index (χ1v) is 13.9. The smallest absolute Gasteiger partial charge is 0.231 e. The Hall–Kier alpha value is -5.44. The van der Waals surface area contributed by atoms with Crippen molar-refractivity contribution >= 4 is 16.9 Å². The zero-order valence-corrected chi connectivity index (χ0v) is 23.2. The SMILES string of the molecule is CC1OC(c2ccccc2)=NC1CCOc1ccc(Oc2cc(O)cc3occ(-c4ccc5c(c4)OCO5)c(=O)c23)cc1. The fraction of sp³-hybridized carbons (Fsp3) is 0.176. The van der Waals surface area contributed by atoms with Gasteiger partial charge in [0.15, 0.2) is 11.5 Å². The maximum Gasteiger partial charge on any atom is 0.231 e. The third-order valence-electron chi connectivity index (χ3n) is 7.39. The molecule has 7 rings (SSSR count). The molecule has 0 amide bonds. The average molecular weight is 578 g/mol. The summed E-state index contributed by atoms with van der Waals surface area (Å²) in [5.41, 5.74) is 1.80. The number of hydrogen-bond donors (Lipinski definition) is 1. The third kappa shape index (κ3) is 5.32. The topological polar surface area (TPSA) is 109 Å². The molecule has 0 saturated carbocycles. The number of aliphatic imine (C=N–C) groups is 1. The van der Waals surface area contributed by atoms with Crippen LogP contribution >= 0.6 is 0 Å². The second-order valence-corrected chi connectivity index (χ2v) is 10.3. The molecule has 4 aromatic carbocycles. The van der Waals surface area contributed by atoms with E-state index in [1.807, 2.05) is 37.3 Å². The van der Waals surface area contributed by atoms with Crippen LogP contribution in [0.3, 0.4) is 0 Å². The highest BCUT2D eigenvalue weighted by Crippen LogP contribution is 2.37. The zero-order chi connectivity index (χ0) is 29.3. The minimum atomic E-state index is -0.307. The van der Waals surface area contributed by atoms with Crippen molar-refractivity contribution in [3.8, 4) is 45.6 Å². The largest absolute Gasteiger partial charge is 0.508 e. The molecule has 9 heteroatoms. The van der Waals surface area contributed by atoms with Gasteiger partial charge in [0, 0.05) is 24.1 Å². The highest BCUT2D eigenvalue weighted by atomic mass is 16.7. The highest BCUT2D eigenvalue weighted by Gasteiger charge is 2.27. The van der Waals surface area contributed by atoms with Crippen LogP contribution in [-0.2, 0) is 4.74 Å². The summed E-state index contributed by atoms with van der Waals surface area (Å²) in [6.07, 6.45) is 2.03. The Morgan fingerprint density at radius 2 is 1.70 bits per heavy atom. The number of phenolic OH excluding ortho intramolecular Hbond substituents is 1. The number of nitrogens with zero attached hydrogens (tertiary/aromatic N) is 1. The van der Waals surface area contributed by atoms with E-state index in [0.29, 0.717) is 53.1 Å². The molecule has 0 saturated heterocycles. The van der Waals surface area contributed by atoms with Crippen molar-refractivity contribution in [1.29, 1.82) is 0 Å². The summed E-state index contributed by atoms with van der Waals surface area (Å²) in [7, 11) is 0. The van der Waals surface area contributed by atoms with Crippen molar-refractivity contribution in [3.63, 3.8) is 0 Å². The molecule has 2 atom stereocenters. The van der Waals surface area contributed by atoms with E-state index in [2.05, 4.69) is 0 Å². The van der Waals surface area contributed by atoms with Gasteiger partial charge in [-0.2, -0.15) is 0 Å². The van der Waals surface area contributed by atoms with Crippen molar-refractivity contribution < 1.29 is 33.2 Å². The predicted octanol–water partition coefficient (Wildman–Crippen LogP) is 6.69. The summed E-state index contributed by atoms with van der Waals surface area (Å²) in [5.74, 6) is 3.03. The van der Waals surface area contributed by atoms with Gasteiger partial charge in [0.25, 0.3) is 0 Å². The molecule has 0 radical (unpaired) electrons. The second-order valence-electron chi connectivity index (χ2n) is 10.3. The van der Waals surface area contributed by atoms with Gasteiger partial charge in [0.05, 0.1) is 18.2 Å². The van der Waals surface area contributed by atoms with Crippen LogP contribution in [0.25, 0.3) is 22.1 Å². The summed E-state index contributed by atoms with van der Waals surface area (Å²) in [6.45, 7) is 2.61. The third-order valence-corrected chi connectivity index (χ3v) is 7.39. The fourth-order valence-corrected chi connectivity index (χ4v) is 5.14. The molecular weight excluding hydrogens is 550 g/mol. The van der Waals surface area contributed by atoms with Crippen LogP contribution in [0, 0.1) is 0 Å². The van der Waals surface area contributed by atoms with Crippen molar-refractivity contribution in [2.45, 2.75) is 25.5 Å². The van der Waals surface area contributed by atoms with Crippen LogP contribution in [0.5, 0.6) is 34.5 Å². The number of hydrogen-bond acceptors (Lipinski definition) is 9. The molecule has 2 aliphatic rings. The Balaban J connectivity index is 1.06. The molecule has 2 aliphatic heterocycles. The van der Waals surface area contributed by atoms with Crippen molar-refractivity contribution in [3.05, 3.63) is 107 Å². The highest BCUT2D eigenvalue weighted by molar-refractivity contribution is 5.95. The quantitative estimate of drug-likeness (QED) is 0.217. The van der Waals surface area contributed by atoms with E-state index in [4.69, 9.17) is 33.1 Å². The lowest BCUT2D eigenvalue weighted by Gasteiger charge is -2.14. The molecule has 43 heavy (non-hydrogen) atoms. The molecule has 216 valence electrons. The summed E-state index contributed by atoms with van der Waals surface area (Å²) in [4.78, 5) is 18.4. The number of ether oxygens (including phenoxy) is 5. The molecule has 0 spiro atoms. The van der Waals surface area contributed by atoms with Crippen molar-refractivity contribution in [2.75, 3.05) is 13.4 Å². The second kappa shape index (κ2) is 11.1. The van der Waals surface area contributed by atoms with E-state index in [-0.39, 0.29) is 46.8 Å². The molecule has 9 nitrogen and oxygen atoms in total. The molecule has 0 fully saturated rings. The van der Waals surface area contributed by atoms with Gasteiger partial charge in [-0.15, -0.1) is 0 Å². The fourth-order valence-electron chi connectivity index (χ4n) is 5.14. The Morgan fingerprint density at radius 1 is 0.907 bits per heavy atom. The molecule has 3 heterocycles. The molecular formula is C34H27NO8. The molecule has 5 aromatic rings. The molecule has 0 bridgehead atoms. The van der Waals surface area contributed by atoms with E-state index >= 15 is 0 Å². The number of fused-ring (bicyclic) bond motifs is 2. The van der Waals surface area contributed by atoms with Gasteiger partial charge in [0.2, 0.25) is 18.1 Å². The van der Waals surface area contributed by atoms with Crippen LogP contribution in [0.15, 0.2) is 105 Å². The molecule has 0 aliphatic carbocycles. The lowest BCUT2D eigenvalue weighted by molar-refractivity contribution is 0.174. The first-order valence-electron chi connectivity index (χ1n) is 13.9. The number of aromatic hydroxyl groups is 1.